The van der Waals surface area contributed by atoms with E-state index in [1.54, 1.807) is 0 Å². The molecule has 6 nitrogen and oxygen atoms in total. The number of likely N-dealkylation sites (tertiary alicyclic amines) is 1. The molecule has 1 saturated heterocycles. The Morgan fingerprint density at radius 2 is 2.08 bits per heavy atom. The van der Waals surface area contributed by atoms with Gasteiger partial charge in [-0.15, -0.1) is 24.0 Å². The van der Waals surface area contributed by atoms with Gasteiger partial charge in [-0.3, -0.25) is 9.79 Å². The number of amides is 1. The van der Waals surface area contributed by atoms with Gasteiger partial charge < -0.3 is 20.7 Å². The molecule has 0 spiro atoms. The average molecular weight is 480 g/mol. The second-order valence-corrected chi connectivity index (χ2v) is 7.68. The zero-order valence-corrected chi connectivity index (χ0v) is 18.8. The van der Waals surface area contributed by atoms with Crippen LogP contribution in [-0.4, -0.2) is 56.7 Å². The van der Waals surface area contributed by atoms with Gasteiger partial charge in [-0.25, -0.2) is 0 Å². The van der Waals surface area contributed by atoms with Crippen LogP contribution in [0.1, 0.15) is 58.3 Å². The van der Waals surface area contributed by atoms with Crippen LogP contribution in [0, 0.1) is 11.3 Å². The zero-order chi connectivity index (χ0) is 18.1. The highest BCUT2D eigenvalue weighted by Gasteiger charge is 2.34. The fourth-order valence-corrected chi connectivity index (χ4v) is 4.38. The molecule has 26 heavy (non-hydrogen) atoms. The molecule has 2 rings (SSSR count). The van der Waals surface area contributed by atoms with Crippen molar-refractivity contribution in [2.24, 2.45) is 22.1 Å². The second-order valence-electron chi connectivity index (χ2n) is 7.68. The molecule has 1 heterocycles. The number of hydrogen-bond donors (Lipinski definition) is 2. The third-order valence-corrected chi connectivity index (χ3v) is 5.79. The van der Waals surface area contributed by atoms with Crippen LogP contribution in [0.4, 0.5) is 0 Å². The van der Waals surface area contributed by atoms with Gasteiger partial charge in [0.15, 0.2) is 5.96 Å². The van der Waals surface area contributed by atoms with Gasteiger partial charge in [0.2, 0.25) is 5.91 Å². The van der Waals surface area contributed by atoms with Crippen LogP contribution in [0.2, 0.25) is 0 Å². The van der Waals surface area contributed by atoms with E-state index in [0.29, 0.717) is 17.8 Å². The van der Waals surface area contributed by atoms with Crippen molar-refractivity contribution >= 4 is 35.8 Å². The fourth-order valence-electron chi connectivity index (χ4n) is 4.38. The predicted octanol–water partition coefficient (Wildman–Crippen LogP) is 2.75. The van der Waals surface area contributed by atoms with Crippen molar-refractivity contribution in [3.8, 4) is 0 Å². The van der Waals surface area contributed by atoms with Crippen molar-refractivity contribution in [1.82, 2.24) is 10.2 Å². The lowest BCUT2D eigenvalue weighted by Gasteiger charge is -2.37. The Kier molecular flexibility index (Phi) is 10.8. The number of carbonyl (C=O) groups is 1. The summed E-state index contributed by atoms with van der Waals surface area (Å²) in [5, 5.41) is 3.63. The average Bonchev–Trinajstić information content (AvgIpc) is 3.04. The van der Waals surface area contributed by atoms with Gasteiger partial charge in [-0.05, 0) is 50.4 Å². The summed E-state index contributed by atoms with van der Waals surface area (Å²) in [5.74, 6) is 1.12. The molecule has 1 atom stereocenters. The number of nitrogens with zero attached hydrogens (tertiary/aromatic N) is 2. The molecular formula is C19H37IN4O2. The molecule has 0 aromatic heterocycles. The summed E-state index contributed by atoms with van der Waals surface area (Å²) in [6.45, 7) is 6.53. The Morgan fingerprint density at radius 3 is 2.69 bits per heavy atom. The van der Waals surface area contributed by atoms with E-state index >= 15 is 0 Å². The zero-order valence-electron chi connectivity index (χ0n) is 16.5. The number of hydrogen-bond acceptors (Lipinski definition) is 3. The van der Waals surface area contributed by atoms with Gasteiger partial charge >= 0.3 is 0 Å². The number of aliphatic imine (C=N–C) groups is 1. The normalized spacial score (nSPS) is 22.8. The quantitative estimate of drug-likeness (QED) is 0.242. The summed E-state index contributed by atoms with van der Waals surface area (Å²) in [7, 11) is 1.85. The number of halogens is 1. The van der Waals surface area contributed by atoms with Gasteiger partial charge in [0.05, 0.1) is 0 Å². The fraction of sp³-hybridized carbons (Fsp3) is 0.895. The highest BCUT2D eigenvalue weighted by atomic mass is 127. The second kappa shape index (κ2) is 12.0. The Bertz CT molecular complexity index is 453. The first-order valence-electron chi connectivity index (χ1n) is 9.90. The molecular weight excluding hydrogens is 443 g/mol. The van der Waals surface area contributed by atoms with Gasteiger partial charge in [0.25, 0.3) is 0 Å². The summed E-state index contributed by atoms with van der Waals surface area (Å²) in [6.07, 6.45) is 8.94. The molecule has 0 bridgehead atoms. The number of carbonyl (C=O) groups excluding carboxylic acids is 1. The minimum atomic E-state index is -0.198. The Hall–Kier alpha value is -0.570. The SMILES string of the molecule is CCOCCC1(CNC(=NC)N2CCCC(CC(N)=O)C2)CCCC1.I. The number of ether oxygens (including phenoxy) is 1. The summed E-state index contributed by atoms with van der Waals surface area (Å²) >= 11 is 0. The number of rotatable bonds is 8. The van der Waals surface area contributed by atoms with E-state index in [9.17, 15) is 4.79 Å². The van der Waals surface area contributed by atoms with Crippen molar-refractivity contribution < 1.29 is 9.53 Å². The van der Waals surface area contributed by atoms with Crippen LogP contribution in [-0.2, 0) is 9.53 Å². The standard InChI is InChI=1S/C19H36N4O2.HI/c1-3-25-12-10-19(8-4-5-9-19)15-22-18(21-2)23-11-6-7-16(14-23)13-17(20)24;/h16H,3-15H2,1-2H3,(H2,20,24)(H,21,22);1H. The molecule has 0 aromatic carbocycles. The summed E-state index contributed by atoms with van der Waals surface area (Å²) in [4.78, 5) is 18.0. The maximum atomic E-state index is 11.2. The third-order valence-electron chi connectivity index (χ3n) is 5.79. The molecule has 2 aliphatic rings. The lowest BCUT2D eigenvalue weighted by atomic mass is 9.83. The van der Waals surface area contributed by atoms with Gasteiger partial charge in [0.1, 0.15) is 0 Å². The van der Waals surface area contributed by atoms with Crippen LogP contribution < -0.4 is 11.1 Å². The molecule has 1 amide bonds. The number of primary amides is 1. The maximum absolute atomic E-state index is 11.2. The lowest BCUT2D eigenvalue weighted by molar-refractivity contribution is -0.119. The van der Waals surface area contributed by atoms with Gasteiger partial charge in [0, 0.05) is 46.3 Å². The van der Waals surface area contributed by atoms with Crippen molar-refractivity contribution in [3.63, 3.8) is 0 Å². The van der Waals surface area contributed by atoms with E-state index in [1.807, 2.05) is 7.05 Å². The Labute approximate surface area is 175 Å². The molecule has 3 N–H and O–H groups in total. The van der Waals surface area contributed by atoms with Crippen molar-refractivity contribution in [2.45, 2.75) is 58.3 Å². The molecule has 1 unspecified atom stereocenters. The van der Waals surface area contributed by atoms with Crippen LogP contribution in [0.15, 0.2) is 4.99 Å². The number of nitrogens with two attached hydrogens (primary N) is 1. The van der Waals surface area contributed by atoms with E-state index in [-0.39, 0.29) is 29.9 Å². The predicted molar refractivity (Wildman–Crippen MR) is 117 cm³/mol. The minimum Gasteiger partial charge on any atom is -0.382 e. The lowest BCUT2D eigenvalue weighted by Crippen LogP contribution is -2.49. The number of nitrogens with one attached hydrogen (secondary N) is 1. The van der Waals surface area contributed by atoms with Crippen molar-refractivity contribution in [3.05, 3.63) is 0 Å². The highest BCUT2D eigenvalue weighted by Crippen LogP contribution is 2.40. The molecule has 0 radical (unpaired) electrons. The molecule has 1 saturated carbocycles. The van der Waals surface area contributed by atoms with Crippen molar-refractivity contribution in [2.75, 3.05) is 39.9 Å². The third kappa shape index (κ3) is 7.21. The first-order valence-corrected chi connectivity index (χ1v) is 9.90. The smallest absolute Gasteiger partial charge is 0.217 e. The number of piperidine rings is 1. The van der Waals surface area contributed by atoms with Crippen LogP contribution in [0.25, 0.3) is 0 Å². The molecule has 152 valence electrons. The molecule has 1 aliphatic heterocycles. The van der Waals surface area contributed by atoms with E-state index in [1.165, 1.54) is 25.7 Å². The summed E-state index contributed by atoms with van der Waals surface area (Å²) in [6, 6.07) is 0. The largest absolute Gasteiger partial charge is 0.382 e. The summed E-state index contributed by atoms with van der Waals surface area (Å²) < 4.78 is 5.61. The van der Waals surface area contributed by atoms with Crippen LogP contribution in [0.3, 0.4) is 0 Å². The molecule has 2 fully saturated rings. The Balaban J connectivity index is 0.00000338. The van der Waals surface area contributed by atoms with E-state index in [0.717, 1.165) is 58.1 Å². The highest BCUT2D eigenvalue weighted by molar-refractivity contribution is 14.0. The van der Waals surface area contributed by atoms with Crippen LogP contribution in [0.5, 0.6) is 0 Å². The monoisotopic (exact) mass is 480 g/mol. The van der Waals surface area contributed by atoms with E-state index in [4.69, 9.17) is 10.5 Å². The topological polar surface area (TPSA) is 79.9 Å². The minimum absolute atomic E-state index is 0. The summed E-state index contributed by atoms with van der Waals surface area (Å²) in [5.41, 5.74) is 5.72. The molecule has 7 heteroatoms. The van der Waals surface area contributed by atoms with E-state index in [2.05, 4.69) is 22.1 Å². The van der Waals surface area contributed by atoms with Gasteiger partial charge in [-0.1, -0.05) is 12.8 Å². The Morgan fingerprint density at radius 1 is 1.35 bits per heavy atom. The number of guanidine groups is 1. The van der Waals surface area contributed by atoms with E-state index < -0.39 is 0 Å². The first-order chi connectivity index (χ1) is 12.1. The van der Waals surface area contributed by atoms with Crippen LogP contribution >= 0.6 is 24.0 Å². The maximum Gasteiger partial charge on any atom is 0.217 e. The first kappa shape index (κ1) is 23.5. The van der Waals surface area contributed by atoms with Crippen molar-refractivity contribution in [1.29, 1.82) is 0 Å². The molecule has 1 aliphatic carbocycles. The molecule has 0 aromatic rings. The van der Waals surface area contributed by atoms with Gasteiger partial charge in [-0.2, -0.15) is 0 Å².